The summed E-state index contributed by atoms with van der Waals surface area (Å²) in [5.74, 6) is 0. The van der Waals surface area contributed by atoms with Gasteiger partial charge in [-0.05, 0) is 72.5 Å². The van der Waals surface area contributed by atoms with Gasteiger partial charge in [0.2, 0.25) is 0 Å². The Balaban J connectivity index is 1.55. The largest absolute Gasteiger partial charge is 0.338 e. The number of hydrogen-bond donors (Lipinski definition) is 1. The lowest BCUT2D eigenvalue weighted by molar-refractivity contribution is 1.28. The van der Waals surface area contributed by atoms with E-state index in [1.54, 1.807) is 0 Å². The molecule has 0 saturated heterocycles. The molecule has 0 saturated carbocycles. The van der Waals surface area contributed by atoms with Gasteiger partial charge >= 0.3 is 0 Å². The fourth-order valence-corrected chi connectivity index (χ4v) is 5.84. The highest BCUT2D eigenvalue weighted by atomic mass is 15.0. The molecule has 0 bridgehead atoms. The highest BCUT2D eigenvalue weighted by molar-refractivity contribution is 6.26. The first kappa shape index (κ1) is 19.5. The van der Waals surface area contributed by atoms with Crippen molar-refractivity contribution in [3.8, 4) is 11.1 Å². The van der Waals surface area contributed by atoms with E-state index in [2.05, 4.69) is 82.8 Å². The third kappa shape index (κ3) is 2.46. The number of imidazole rings is 1. The number of aryl methyl sites for hydroxylation is 2. The minimum absolute atomic E-state index is 0.951. The summed E-state index contributed by atoms with van der Waals surface area (Å²) in [6.07, 6.45) is 5.57. The summed E-state index contributed by atoms with van der Waals surface area (Å²) in [6.45, 7) is 4.36. The summed E-state index contributed by atoms with van der Waals surface area (Å²) in [5.41, 5.74) is 12.1. The second-order valence-corrected chi connectivity index (χ2v) is 9.57. The van der Waals surface area contributed by atoms with Gasteiger partial charge in [0.15, 0.2) is 0 Å². The van der Waals surface area contributed by atoms with Crippen molar-refractivity contribution < 1.29 is 0 Å². The Morgan fingerprint density at radius 1 is 0.722 bits per heavy atom. The average Bonchev–Trinajstić information content (AvgIpc) is 3.47. The molecule has 0 amide bonds. The molecule has 170 valence electrons. The van der Waals surface area contributed by atoms with Gasteiger partial charge in [0.05, 0.1) is 39.3 Å². The van der Waals surface area contributed by atoms with Crippen molar-refractivity contribution in [2.45, 2.75) is 13.8 Å². The lowest BCUT2D eigenvalue weighted by Crippen LogP contribution is -1.93. The number of rotatable bonds is 1. The molecular formula is C31H21N5. The Morgan fingerprint density at radius 3 is 2.53 bits per heavy atom. The standard InChI is InChI=1S/C31H21N5/c1-17-6-3-4-7-19(17)22-15-24-23(14-18(22)2)20-9-10-21-28(29(20)34-24)30-27(8-5-12-33-30)36-26-11-13-32-16-25(26)35-31(21)36/h3-16,35H,1-2H3. The maximum Gasteiger partial charge on any atom is 0.123 e. The van der Waals surface area contributed by atoms with Crippen molar-refractivity contribution in [1.29, 1.82) is 0 Å². The Labute approximate surface area is 206 Å². The SMILES string of the molecule is Cc1ccccc1-c1cc2nc3c(ccc4c3c3ncccc3n3c5ccncc5[nH]c43)c2cc1C. The van der Waals surface area contributed by atoms with E-state index in [4.69, 9.17) is 9.97 Å². The number of pyridine rings is 3. The zero-order valence-corrected chi connectivity index (χ0v) is 19.9. The van der Waals surface area contributed by atoms with Crippen LogP contribution in [0.3, 0.4) is 0 Å². The molecular weight excluding hydrogens is 442 g/mol. The van der Waals surface area contributed by atoms with Crippen molar-refractivity contribution in [2.24, 2.45) is 0 Å². The van der Waals surface area contributed by atoms with E-state index < -0.39 is 0 Å². The second kappa shape index (κ2) is 6.89. The van der Waals surface area contributed by atoms with Crippen LogP contribution in [0.2, 0.25) is 0 Å². The van der Waals surface area contributed by atoms with Gasteiger partial charge < -0.3 is 4.98 Å². The summed E-state index contributed by atoms with van der Waals surface area (Å²) in [4.78, 5) is 18.0. The van der Waals surface area contributed by atoms with Crippen LogP contribution in [0.5, 0.6) is 0 Å². The molecule has 5 heteroatoms. The van der Waals surface area contributed by atoms with Gasteiger partial charge in [0.1, 0.15) is 5.65 Å². The van der Waals surface area contributed by atoms with E-state index in [9.17, 15) is 0 Å². The normalized spacial score (nSPS) is 12.2. The monoisotopic (exact) mass is 463 g/mol. The number of aromatic nitrogens is 5. The predicted octanol–water partition coefficient (Wildman–Crippen LogP) is 7.50. The Morgan fingerprint density at radius 2 is 1.61 bits per heavy atom. The van der Waals surface area contributed by atoms with Crippen LogP contribution in [0.4, 0.5) is 0 Å². The molecule has 0 atom stereocenters. The van der Waals surface area contributed by atoms with E-state index in [-0.39, 0.29) is 0 Å². The highest BCUT2D eigenvalue weighted by Crippen LogP contribution is 2.39. The van der Waals surface area contributed by atoms with Crippen molar-refractivity contribution in [3.05, 3.63) is 96.4 Å². The van der Waals surface area contributed by atoms with Crippen molar-refractivity contribution in [3.63, 3.8) is 0 Å². The molecule has 5 nitrogen and oxygen atoms in total. The smallest absolute Gasteiger partial charge is 0.123 e. The summed E-state index contributed by atoms with van der Waals surface area (Å²) in [5, 5.41) is 4.52. The fraction of sp³-hybridized carbons (Fsp3) is 0.0645. The highest BCUT2D eigenvalue weighted by Gasteiger charge is 2.19. The minimum atomic E-state index is 0.951. The summed E-state index contributed by atoms with van der Waals surface area (Å²) >= 11 is 0. The zero-order chi connectivity index (χ0) is 24.0. The van der Waals surface area contributed by atoms with Gasteiger partial charge in [-0.25, -0.2) is 4.98 Å². The fourth-order valence-electron chi connectivity index (χ4n) is 5.84. The number of benzene rings is 3. The van der Waals surface area contributed by atoms with Crippen LogP contribution in [0.1, 0.15) is 11.1 Å². The van der Waals surface area contributed by atoms with Gasteiger partial charge in [0.25, 0.3) is 0 Å². The predicted molar refractivity (Wildman–Crippen MR) is 148 cm³/mol. The molecule has 0 aliphatic carbocycles. The lowest BCUT2D eigenvalue weighted by Gasteiger charge is -2.10. The number of fused-ring (bicyclic) bond motifs is 12. The number of nitrogens with zero attached hydrogens (tertiary/aromatic N) is 4. The molecule has 8 aromatic rings. The molecule has 0 fully saturated rings. The molecule has 8 rings (SSSR count). The van der Waals surface area contributed by atoms with Crippen LogP contribution < -0.4 is 0 Å². The van der Waals surface area contributed by atoms with Crippen LogP contribution in [0.25, 0.3) is 71.4 Å². The minimum Gasteiger partial charge on any atom is -0.338 e. The van der Waals surface area contributed by atoms with E-state index >= 15 is 0 Å². The molecule has 0 aliphatic rings. The second-order valence-electron chi connectivity index (χ2n) is 9.57. The van der Waals surface area contributed by atoms with Gasteiger partial charge in [-0.1, -0.05) is 30.3 Å². The van der Waals surface area contributed by atoms with Crippen LogP contribution >= 0.6 is 0 Å². The van der Waals surface area contributed by atoms with E-state index in [0.717, 1.165) is 54.9 Å². The molecule has 36 heavy (non-hydrogen) atoms. The number of hydrogen-bond acceptors (Lipinski definition) is 3. The van der Waals surface area contributed by atoms with Gasteiger partial charge in [-0.3, -0.25) is 14.4 Å². The lowest BCUT2D eigenvalue weighted by atomic mass is 9.95. The Bertz CT molecular complexity index is 2180. The molecule has 5 heterocycles. The van der Waals surface area contributed by atoms with Crippen LogP contribution in [0.15, 0.2) is 85.3 Å². The molecule has 0 aliphatic heterocycles. The van der Waals surface area contributed by atoms with Gasteiger partial charge in [0, 0.05) is 33.9 Å². The Hall–Kier alpha value is -4.77. The maximum absolute atomic E-state index is 5.24. The van der Waals surface area contributed by atoms with Gasteiger partial charge in [-0.2, -0.15) is 0 Å². The Kier molecular flexibility index (Phi) is 3.74. The van der Waals surface area contributed by atoms with Crippen LogP contribution in [-0.4, -0.2) is 24.3 Å². The molecule has 0 spiro atoms. The number of aromatic amines is 1. The average molecular weight is 464 g/mol. The first-order valence-electron chi connectivity index (χ1n) is 12.1. The molecule has 0 unspecified atom stereocenters. The van der Waals surface area contributed by atoms with Crippen molar-refractivity contribution >= 4 is 60.3 Å². The van der Waals surface area contributed by atoms with Crippen LogP contribution in [-0.2, 0) is 0 Å². The summed E-state index contributed by atoms with van der Waals surface area (Å²) in [7, 11) is 0. The third-order valence-electron chi connectivity index (χ3n) is 7.51. The quantitative estimate of drug-likeness (QED) is 0.256. The third-order valence-corrected chi connectivity index (χ3v) is 7.51. The maximum atomic E-state index is 5.24. The molecule has 3 aromatic carbocycles. The van der Waals surface area contributed by atoms with Gasteiger partial charge in [-0.15, -0.1) is 0 Å². The zero-order valence-electron chi connectivity index (χ0n) is 19.9. The number of nitrogens with one attached hydrogen (secondary N) is 1. The summed E-state index contributed by atoms with van der Waals surface area (Å²) < 4.78 is 2.25. The van der Waals surface area contributed by atoms with Crippen LogP contribution in [0, 0.1) is 13.8 Å². The van der Waals surface area contributed by atoms with E-state index in [1.807, 2.05) is 30.7 Å². The topological polar surface area (TPSA) is 58.9 Å². The summed E-state index contributed by atoms with van der Waals surface area (Å²) in [6, 6.07) is 23.7. The first-order chi connectivity index (χ1) is 17.7. The number of H-pyrrole nitrogens is 1. The molecule has 5 aromatic heterocycles. The molecule has 1 N–H and O–H groups in total. The first-order valence-corrected chi connectivity index (χ1v) is 12.1. The van der Waals surface area contributed by atoms with E-state index in [1.165, 1.54) is 27.6 Å². The van der Waals surface area contributed by atoms with Crippen molar-refractivity contribution in [2.75, 3.05) is 0 Å². The van der Waals surface area contributed by atoms with E-state index in [0.29, 0.717) is 0 Å². The molecule has 0 radical (unpaired) electrons. The van der Waals surface area contributed by atoms with Crippen molar-refractivity contribution in [1.82, 2.24) is 24.3 Å².